The maximum absolute atomic E-state index is 11.5. The van der Waals surface area contributed by atoms with Gasteiger partial charge in [-0.3, -0.25) is 9.89 Å². The van der Waals surface area contributed by atoms with E-state index in [2.05, 4.69) is 15.5 Å². The molecule has 1 rings (SSSR count). The molecule has 16 heavy (non-hydrogen) atoms. The average molecular weight is 227 g/mol. The van der Waals surface area contributed by atoms with Crippen LogP contribution in [0.5, 0.6) is 0 Å². The summed E-state index contributed by atoms with van der Waals surface area (Å²) in [5.74, 6) is -0.191. The number of ether oxygens (including phenoxy) is 2. The third-order valence-electron chi connectivity index (χ3n) is 2.06. The molecule has 0 saturated heterocycles. The number of aromatic nitrogens is 2. The normalized spacial score (nSPS) is 10.4. The van der Waals surface area contributed by atoms with E-state index in [1.807, 2.05) is 13.8 Å². The summed E-state index contributed by atoms with van der Waals surface area (Å²) >= 11 is 0. The molecule has 1 heterocycles. The van der Waals surface area contributed by atoms with Crippen LogP contribution in [0.2, 0.25) is 0 Å². The zero-order valence-electron chi connectivity index (χ0n) is 9.79. The SMILES string of the molecule is COCCOCC(=O)Nc1c(C)n[nH]c1C. The summed E-state index contributed by atoms with van der Waals surface area (Å²) in [6, 6.07) is 0. The van der Waals surface area contributed by atoms with Gasteiger partial charge in [0.1, 0.15) is 6.61 Å². The smallest absolute Gasteiger partial charge is 0.250 e. The van der Waals surface area contributed by atoms with Crippen LogP contribution in [-0.4, -0.2) is 43.0 Å². The summed E-state index contributed by atoms with van der Waals surface area (Å²) in [5, 5.41) is 9.51. The van der Waals surface area contributed by atoms with E-state index < -0.39 is 0 Å². The molecule has 1 amide bonds. The second-order valence-corrected chi connectivity index (χ2v) is 3.40. The van der Waals surface area contributed by atoms with Crippen molar-refractivity contribution in [3.05, 3.63) is 11.4 Å². The highest BCUT2D eigenvalue weighted by molar-refractivity contribution is 5.92. The van der Waals surface area contributed by atoms with Crippen LogP contribution < -0.4 is 5.32 Å². The van der Waals surface area contributed by atoms with Gasteiger partial charge in [0.2, 0.25) is 5.91 Å². The number of rotatable bonds is 6. The minimum atomic E-state index is -0.191. The van der Waals surface area contributed by atoms with Crippen LogP contribution >= 0.6 is 0 Å². The Bertz CT molecular complexity index is 330. The van der Waals surface area contributed by atoms with E-state index in [1.165, 1.54) is 0 Å². The van der Waals surface area contributed by atoms with Crippen molar-refractivity contribution in [1.29, 1.82) is 0 Å². The van der Waals surface area contributed by atoms with Gasteiger partial charge in [-0.15, -0.1) is 0 Å². The maximum Gasteiger partial charge on any atom is 0.250 e. The molecule has 0 atom stereocenters. The largest absolute Gasteiger partial charge is 0.382 e. The number of carbonyl (C=O) groups is 1. The molecule has 0 radical (unpaired) electrons. The van der Waals surface area contributed by atoms with Gasteiger partial charge in [-0.05, 0) is 13.8 Å². The summed E-state index contributed by atoms with van der Waals surface area (Å²) in [6.45, 7) is 4.59. The molecule has 0 aliphatic heterocycles. The molecular weight excluding hydrogens is 210 g/mol. The Morgan fingerprint density at radius 1 is 1.44 bits per heavy atom. The second-order valence-electron chi connectivity index (χ2n) is 3.40. The molecule has 0 aliphatic rings. The molecule has 0 spiro atoms. The first-order chi connectivity index (χ1) is 7.65. The summed E-state index contributed by atoms with van der Waals surface area (Å²) in [7, 11) is 1.58. The molecular formula is C10H17N3O3. The number of nitrogens with one attached hydrogen (secondary N) is 2. The summed E-state index contributed by atoms with van der Waals surface area (Å²) < 4.78 is 9.89. The van der Waals surface area contributed by atoms with E-state index in [0.717, 1.165) is 17.1 Å². The third kappa shape index (κ3) is 3.63. The molecule has 1 aromatic rings. The predicted molar refractivity (Wildman–Crippen MR) is 59.4 cm³/mol. The molecule has 0 aliphatic carbocycles. The van der Waals surface area contributed by atoms with Crippen molar-refractivity contribution in [3.8, 4) is 0 Å². The van der Waals surface area contributed by atoms with Gasteiger partial charge in [0.05, 0.1) is 30.3 Å². The van der Waals surface area contributed by atoms with Gasteiger partial charge in [0.25, 0.3) is 0 Å². The molecule has 1 aromatic heterocycles. The fourth-order valence-corrected chi connectivity index (χ4v) is 1.22. The molecule has 90 valence electrons. The summed E-state index contributed by atoms with van der Waals surface area (Å²) in [5.41, 5.74) is 2.32. The fourth-order valence-electron chi connectivity index (χ4n) is 1.22. The Kier molecular flexibility index (Phi) is 4.94. The zero-order chi connectivity index (χ0) is 12.0. The van der Waals surface area contributed by atoms with Crippen LogP contribution in [0.25, 0.3) is 0 Å². The van der Waals surface area contributed by atoms with Crippen LogP contribution in [0.15, 0.2) is 0 Å². The lowest BCUT2D eigenvalue weighted by Gasteiger charge is -2.05. The number of H-pyrrole nitrogens is 1. The highest BCUT2D eigenvalue weighted by Crippen LogP contribution is 2.15. The lowest BCUT2D eigenvalue weighted by atomic mass is 10.3. The number of hydrogen-bond donors (Lipinski definition) is 2. The molecule has 6 heteroatoms. The number of aryl methyl sites for hydroxylation is 2. The highest BCUT2D eigenvalue weighted by Gasteiger charge is 2.09. The van der Waals surface area contributed by atoms with Crippen molar-refractivity contribution in [2.45, 2.75) is 13.8 Å². The third-order valence-corrected chi connectivity index (χ3v) is 2.06. The van der Waals surface area contributed by atoms with Crippen LogP contribution in [0.3, 0.4) is 0 Å². The number of carbonyl (C=O) groups excluding carboxylic acids is 1. The van der Waals surface area contributed by atoms with Crippen molar-refractivity contribution in [3.63, 3.8) is 0 Å². The monoisotopic (exact) mass is 227 g/mol. The first-order valence-electron chi connectivity index (χ1n) is 5.03. The van der Waals surface area contributed by atoms with Crippen molar-refractivity contribution >= 4 is 11.6 Å². The topological polar surface area (TPSA) is 76.2 Å². The van der Waals surface area contributed by atoms with Gasteiger partial charge >= 0.3 is 0 Å². The average Bonchev–Trinajstić information content (AvgIpc) is 2.56. The Morgan fingerprint density at radius 2 is 2.19 bits per heavy atom. The summed E-state index contributed by atoms with van der Waals surface area (Å²) in [4.78, 5) is 11.5. The van der Waals surface area contributed by atoms with E-state index in [1.54, 1.807) is 7.11 Å². The highest BCUT2D eigenvalue weighted by atomic mass is 16.5. The minimum Gasteiger partial charge on any atom is -0.382 e. The van der Waals surface area contributed by atoms with Crippen molar-refractivity contribution in [1.82, 2.24) is 10.2 Å². The van der Waals surface area contributed by atoms with E-state index >= 15 is 0 Å². The quantitative estimate of drug-likeness (QED) is 0.699. The fraction of sp³-hybridized carbons (Fsp3) is 0.600. The van der Waals surface area contributed by atoms with Crippen LogP contribution in [0, 0.1) is 13.8 Å². The van der Waals surface area contributed by atoms with Gasteiger partial charge < -0.3 is 14.8 Å². The Morgan fingerprint density at radius 3 is 2.75 bits per heavy atom. The standard InChI is InChI=1S/C10H17N3O3/c1-7-10(8(2)13-12-7)11-9(14)6-16-5-4-15-3/h4-6H2,1-3H3,(H,11,14)(H,12,13). The number of anilines is 1. The molecule has 6 nitrogen and oxygen atoms in total. The van der Waals surface area contributed by atoms with E-state index in [0.29, 0.717) is 13.2 Å². The van der Waals surface area contributed by atoms with Crippen LogP contribution in [0.1, 0.15) is 11.4 Å². The Hall–Kier alpha value is -1.40. The van der Waals surface area contributed by atoms with Gasteiger partial charge in [0.15, 0.2) is 0 Å². The number of amides is 1. The molecule has 0 bridgehead atoms. The Balaban J connectivity index is 2.34. The molecule has 2 N–H and O–H groups in total. The lowest BCUT2D eigenvalue weighted by Crippen LogP contribution is -2.20. The van der Waals surface area contributed by atoms with Crippen molar-refractivity contribution < 1.29 is 14.3 Å². The number of nitrogens with zero attached hydrogens (tertiary/aromatic N) is 1. The number of methoxy groups -OCH3 is 1. The first-order valence-corrected chi connectivity index (χ1v) is 5.03. The van der Waals surface area contributed by atoms with E-state index in [-0.39, 0.29) is 12.5 Å². The second kappa shape index (κ2) is 6.24. The van der Waals surface area contributed by atoms with Gasteiger partial charge in [-0.2, -0.15) is 5.10 Å². The van der Waals surface area contributed by atoms with Crippen molar-refractivity contribution in [2.75, 3.05) is 32.2 Å². The van der Waals surface area contributed by atoms with Gasteiger partial charge in [-0.25, -0.2) is 0 Å². The van der Waals surface area contributed by atoms with E-state index in [4.69, 9.17) is 9.47 Å². The number of hydrogen-bond acceptors (Lipinski definition) is 4. The van der Waals surface area contributed by atoms with Crippen molar-refractivity contribution in [2.24, 2.45) is 0 Å². The predicted octanol–water partition coefficient (Wildman–Crippen LogP) is 0.628. The van der Waals surface area contributed by atoms with E-state index in [9.17, 15) is 4.79 Å². The van der Waals surface area contributed by atoms with Crippen LogP contribution in [0.4, 0.5) is 5.69 Å². The maximum atomic E-state index is 11.5. The molecule has 0 unspecified atom stereocenters. The lowest BCUT2D eigenvalue weighted by molar-refractivity contribution is -0.121. The first kappa shape index (κ1) is 12.7. The molecule has 0 aromatic carbocycles. The number of aromatic amines is 1. The minimum absolute atomic E-state index is 0.0212. The Labute approximate surface area is 94.3 Å². The molecule has 0 saturated carbocycles. The molecule has 0 fully saturated rings. The summed E-state index contributed by atoms with van der Waals surface area (Å²) in [6.07, 6.45) is 0. The van der Waals surface area contributed by atoms with Gasteiger partial charge in [-0.1, -0.05) is 0 Å². The van der Waals surface area contributed by atoms with Gasteiger partial charge in [0, 0.05) is 7.11 Å². The zero-order valence-corrected chi connectivity index (χ0v) is 9.79. The van der Waals surface area contributed by atoms with Crippen LogP contribution in [-0.2, 0) is 14.3 Å².